The second-order valence-electron chi connectivity index (χ2n) is 5.69. The Kier molecular flexibility index (Phi) is 6.32. The summed E-state index contributed by atoms with van der Waals surface area (Å²) < 4.78 is 47.4. The number of hydrogen-bond donors (Lipinski definition) is 1. The second kappa shape index (κ2) is 8.91. The van der Waals surface area contributed by atoms with Gasteiger partial charge in [0.15, 0.2) is 5.16 Å². The number of benzene rings is 2. The maximum absolute atomic E-state index is 12.2. The number of nitrogens with zero attached hydrogens (tertiary/aromatic N) is 2. The summed E-state index contributed by atoms with van der Waals surface area (Å²) in [5, 5.41) is 3.23. The Hall–Kier alpha value is -3.14. The smallest absolute Gasteiger partial charge is 0.497 e. The Morgan fingerprint density at radius 3 is 2.62 bits per heavy atom. The molecule has 0 saturated heterocycles. The van der Waals surface area contributed by atoms with E-state index in [-0.39, 0.29) is 17.4 Å². The molecule has 2 aromatic carbocycles. The summed E-state index contributed by atoms with van der Waals surface area (Å²) in [7, 11) is 1.58. The third-order valence-corrected chi connectivity index (χ3v) is 4.61. The number of rotatable bonds is 7. The minimum Gasteiger partial charge on any atom is -0.497 e. The molecule has 1 heterocycles. The molecule has 0 atom stereocenters. The number of anilines is 1. The zero-order valence-corrected chi connectivity index (χ0v) is 16.0. The van der Waals surface area contributed by atoms with Crippen LogP contribution in [-0.4, -0.2) is 34.7 Å². The van der Waals surface area contributed by atoms with Crippen LogP contribution in [0.1, 0.15) is 0 Å². The fraction of sp³-hybridized carbons (Fsp3) is 0.158. The summed E-state index contributed by atoms with van der Waals surface area (Å²) in [6, 6.07) is 12.3. The molecule has 29 heavy (non-hydrogen) atoms. The minimum atomic E-state index is -4.76. The molecule has 0 bridgehead atoms. The SMILES string of the molecule is COc1cccc(-n2ccnc2SCC(=O)Nc2ccc(OC(F)(F)F)cc2)c1. The van der Waals surface area contributed by atoms with Crippen LogP contribution in [0.5, 0.6) is 11.5 Å². The predicted octanol–water partition coefficient (Wildman–Crippen LogP) is 4.51. The maximum atomic E-state index is 12.2. The number of amides is 1. The molecular formula is C19H16F3N3O3S. The average molecular weight is 423 g/mol. The zero-order chi connectivity index (χ0) is 20.9. The van der Waals surface area contributed by atoms with E-state index in [0.717, 1.165) is 17.8 Å². The van der Waals surface area contributed by atoms with E-state index in [1.54, 1.807) is 19.5 Å². The number of hydrogen-bond acceptors (Lipinski definition) is 5. The normalized spacial score (nSPS) is 11.2. The van der Waals surface area contributed by atoms with Gasteiger partial charge in [-0.2, -0.15) is 0 Å². The van der Waals surface area contributed by atoms with Crippen LogP contribution in [0.4, 0.5) is 18.9 Å². The number of carbonyl (C=O) groups excluding carboxylic acids is 1. The quantitative estimate of drug-likeness (QED) is 0.567. The highest BCUT2D eigenvalue weighted by Crippen LogP contribution is 2.25. The highest BCUT2D eigenvalue weighted by atomic mass is 32.2. The Balaban J connectivity index is 1.58. The lowest BCUT2D eigenvalue weighted by atomic mass is 10.3. The fourth-order valence-electron chi connectivity index (χ4n) is 2.42. The van der Waals surface area contributed by atoms with E-state index < -0.39 is 6.36 Å². The zero-order valence-electron chi connectivity index (χ0n) is 15.1. The van der Waals surface area contributed by atoms with Crippen molar-refractivity contribution < 1.29 is 27.4 Å². The number of aromatic nitrogens is 2. The Labute approximate surface area is 168 Å². The first-order chi connectivity index (χ1) is 13.8. The molecule has 1 aromatic heterocycles. The van der Waals surface area contributed by atoms with E-state index in [9.17, 15) is 18.0 Å². The number of methoxy groups -OCH3 is 1. The summed E-state index contributed by atoms with van der Waals surface area (Å²) in [4.78, 5) is 16.4. The molecular weight excluding hydrogens is 407 g/mol. The van der Waals surface area contributed by atoms with Gasteiger partial charge in [0.05, 0.1) is 18.6 Å². The molecule has 0 unspecified atom stereocenters. The van der Waals surface area contributed by atoms with Crippen molar-refractivity contribution in [2.45, 2.75) is 11.5 Å². The first-order valence-corrected chi connectivity index (χ1v) is 9.29. The van der Waals surface area contributed by atoms with Crippen molar-refractivity contribution in [3.63, 3.8) is 0 Å². The molecule has 6 nitrogen and oxygen atoms in total. The molecule has 0 aliphatic carbocycles. The van der Waals surface area contributed by atoms with Crippen LogP contribution in [0.2, 0.25) is 0 Å². The van der Waals surface area contributed by atoms with Crippen LogP contribution in [-0.2, 0) is 4.79 Å². The lowest BCUT2D eigenvalue weighted by Gasteiger charge is -2.10. The molecule has 0 fully saturated rings. The van der Waals surface area contributed by atoms with E-state index in [2.05, 4.69) is 15.0 Å². The molecule has 3 aromatic rings. The van der Waals surface area contributed by atoms with Gasteiger partial charge in [-0.05, 0) is 36.4 Å². The van der Waals surface area contributed by atoms with Crippen molar-refractivity contribution in [1.82, 2.24) is 9.55 Å². The Morgan fingerprint density at radius 2 is 1.93 bits per heavy atom. The van der Waals surface area contributed by atoms with Crippen LogP contribution < -0.4 is 14.8 Å². The van der Waals surface area contributed by atoms with Crippen molar-refractivity contribution in [3.05, 3.63) is 60.9 Å². The first kappa shape index (κ1) is 20.6. The van der Waals surface area contributed by atoms with E-state index in [4.69, 9.17) is 4.74 Å². The molecule has 1 amide bonds. The van der Waals surface area contributed by atoms with E-state index in [0.29, 0.717) is 16.6 Å². The number of alkyl halides is 3. The fourth-order valence-corrected chi connectivity index (χ4v) is 3.19. The minimum absolute atomic E-state index is 0.0712. The van der Waals surface area contributed by atoms with Crippen molar-refractivity contribution >= 4 is 23.4 Å². The molecule has 152 valence electrons. The van der Waals surface area contributed by atoms with Crippen LogP contribution >= 0.6 is 11.8 Å². The van der Waals surface area contributed by atoms with Gasteiger partial charge in [-0.3, -0.25) is 9.36 Å². The molecule has 10 heteroatoms. The molecule has 0 radical (unpaired) electrons. The summed E-state index contributed by atoms with van der Waals surface area (Å²) in [5.41, 5.74) is 1.20. The van der Waals surface area contributed by atoms with Gasteiger partial charge >= 0.3 is 6.36 Å². The van der Waals surface area contributed by atoms with Gasteiger partial charge in [-0.25, -0.2) is 4.98 Å². The van der Waals surface area contributed by atoms with Crippen LogP contribution in [0.25, 0.3) is 5.69 Å². The summed E-state index contributed by atoms with van der Waals surface area (Å²) >= 11 is 1.23. The number of ether oxygens (including phenoxy) is 2. The molecule has 0 aliphatic heterocycles. The molecule has 0 spiro atoms. The monoisotopic (exact) mass is 423 g/mol. The van der Waals surface area contributed by atoms with Crippen molar-refractivity contribution in [2.24, 2.45) is 0 Å². The third-order valence-electron chi connectivity index (χ3n) is 3.64. The number of nitrogens with one attached hydrogen (secondary N) is 1. The van der Waals surface area contributed by atoms with Crippen LogP contribution in [0, 0.1) is 0 Å². The van der Waals surface area contributed by atoms with Crippen molar-refractivity contribution in [1.29, 1.82) is 0 Å². The summed E-state index contributed by atoms with van der Waals surface area (Å²) in [6.07, 6.45) is -1.36. The van der Waals surface area contributed by atoms with Gasteiger partial charge in [0.25, 0.3) is 0 Å². The predicted molar refractivity (Wildman–Crippen MR) is 103 cm³/mol. The number of imidazole rings is 1. The van der Waals surface area contributed by atoms with E-state index in [1.807, 2.05) is 28.8 Å². The average Bonchev–Trinajstić information content (AvgIpc) is 3.15. The van der Waals surface area contributed by atoms with Gasteiger partial charge in [0.1, 0.15) is 11.5 Å². The van der Waals surface area contributed by atoms with Crippen LogP contribution in [0.3, 0.4) is 0 Å². The molecule has 0 aliphatic rings. The topological polar surface area (TPSA) is 65.4 Å². The lowest BCUT2D eigenvalue weighted by molar-refractivity contribution is -0.274. The number of thioether (sulfide) groups is 1. The van der Waals surface area contributed by atoms with Crippen molar-refractivity contribution in [3.8, 4) is 17.2 Å². The first-order valence-electron chi connectivity index (χ1n) is 8.30. The van der Waals surface area contributed by atoms with Gasteiger partial charge in [0.2, 0.25) is 5.91 Å². The Bertz CT molecular complexity index is 975. The van der Waals surface area contributed by atoms with Crippen molar-refractivity contribution in [2.75, 3.05) is 18.2 Å². The summed E-state index contributed by atoms with van der Waals surface area (Å²) in [6.45, 7) is 0. The highest BCUT2D eigenvalue weighted by molar-refractivity contribution is 7.99. The molecule has 3 rings (SSSR count). The molecule has 1 N–H and O–H groups in total. The number of carbonyl (C=O) groups is 1. The highest BCUT2D eigenvalue weighted by Gasteiger charge is 2.30. The molecule has 0 saturated carbocycles. The Morgan fingerprint density at radius 1 is 1.17 bits per heavy atom. The van der Waals surface area contributed by atoms with Gasteiger partial charge in [-0.1, -0.05) is 17.8 Å². The van der Waals surface area contributed by atoms with Gasteiger partial charge in [-0.15, -0.1) is 13.2 Å². The standard InChI is InChI=1S/C19H16F3N3O3S/c1-27-16-4-2-3-14(11-16)25-10-9-23-18(25)29-12-17(26)24-13-5-7-15(8-6-13)28-19(20,21)22/h2-11H,12H2,1H3,(H,24,26). The maximum Gasteiger partial charge on any atom is 0.573 e. The van der Waals surface area contributed by atoms with Gasteiger partial charge in [0, 0.05) is 24.1 Å². The largest absolute Gasteiger partial charge is 0.573 e. The number of halogens is 3. The van der Waals surface area contributed by atoms with E-state index >= 15 is 0 Å². The van der Waals surface area contributed by atoms with Crippen LogP contribution in [0.15, 0.2) is 66.1 Å². The summed E-state index contributed by atoms with van der Waals surface area (Å²) in [5.74, 6) is 0.0922. The third kappa shape index (κ3) is 5.92. The van der Waals surface area contributed by atoms with Gasteiger partial charge < -0.3 is 14.8 Å². The second-order valence-corrected chi connectivity index (χ2v) is 6.63. The van der Waals surface area contributed by atoms with E-state index in [1.165, 1.54) is 23.9 Å². The lowest BCUT2D eigenvalue weighted by Crippen LogP contribution is -2.17.